The number of nitrogens with zero attached hydrogens (tertiary/aromatic N) is 3. The van der Waals surface area contributed by atoms with Crippen LogP contribution in [0.4, 0.5) is 5.69 Å². The van der Waals surface area contributed by atoms with Crippen molar-refractivity contribution in [3.63, 3.8) is 0 Å². The number of likely N-dealkylation sites (tertiary alicyclic amines) is 2. The summed E-state index contributed by atoms with van der Waals surface area (Å²) in [5, 5.41) is 0. The van der Waals surface area contributed by atoms with Gasteiger partial charge in [0, 0.05) is 37.3 Å². The van der Waals surface area contributed by atoms with Crippen molar-refractivity contribution in [2.24, 2.45) is 5.92 Å². The Kier molecular flexibility index (Phi) is 5.86. The molecule has 2 atom stereocenters. The lowest BCUT2D eigenvalue weighted by atomic mass is 9.82. The lowest BCUT2D eigenvalue weighted by Gasteiger charge is -2.47. The maximum absolute atomic E-state index is 13.2. The second-order valence-electron chi connectivity index (χ2n) is 9.72. The number of rotatable bonds is 5. The van der Waals surface area contributed by atoms with Crippen molar-refractivity contribution in [3.8, 4) is 0 Å². The fourth-order valence-corrected chi connectivity index (χ4v) is 6.91. The monoisotopic (exact) mass is 456 g/mol. The van der Waals surface area contributed by atoms with Crippen LogP contribution in [0.1, 0.15) is 36.4 Å². The van der Waals surface area contributed by atoms with Gasteiger partial charge in [-0.1, -0.05) is 30.3 Å². The molecule has 0 aliphatic carbocycles. The molecule has 1 aromatic carbocycles. The minimum absolute atomic E-state index is 0.147. The summed E-state index contributed by atoms with van der Waals surface area (Å²) in [6.07, 6.45) is 3.54. The number of pyridine rings is 1. The first-order valence-corrected chi connectivity index (χ1v) is 13.2. The van der Waals surface area contributed by atoms with E-state index in [1.807, 2.05) is 28.8 Å². The number of fused-ring (bicyclic) bond motifs is 4. The molecule has 8 heteroatoms. The Hall–Kier alpha value is -2.16. The van der Waals surface area contributed by atoms with Crippen LogP contribution in [0.25, 0.3) is 0 Å². The third-order valence-electron chi connectivity index (χ3n) is 7.30. The average molecular weight is 457 g/mol. The SMILES string of the molecule is CN1CCC(N2C[C@H]3C[C@H](C2)c2ccc(NS(=O)(=O)Cc4ccccc4)c(=O)n2C3)CC1. The highest BCUT2D eigenvalue weighted by atomic mass is 32.2. The van der Waals surface area contributed by atoms with E-state index in [-0.39, 0.29) is 17.0 Å². The van der Waals surface area contributed by atoms with E-state index in [0.717, 1.165) is 38.3 Å². The van der Waals surface area contributed by atoms with E-state index >= 15 is 0 Å². The quantitative estimate of drug-likeness (QED) is 0.747. The fourth-order valence-electron chi connectivity index (χ4n) is 5.72. The molecule has 1 aromatic heterocycles. The van der Waals surface area contributed by atoms with Gasteiger partial charge in [0.2, 0.25) is 10.0 Å². The average Bonchev–Trinajstić information content (AvgIpc) is 2.77. The molecule has 32 heavy (non-hydrogen) atoms. The van der Waals surface area contributed by atoms with E-state index in [4.69, 9.17) is 0 Å². The summed E-state index contributed by atoms with van der Waals surface area (Å²) in [6.45, 7) is 4.99. The van der Waals surface area contributed by atoms with Gasteiger partial charge in [0.05, 0.1) is 5.75 Å². The highest BCUT2D eigenvalue weighted by Crippen LogP contribution is 2.37. The van der Waals surface area contributed by atoms with E-state index in [2.05, 4.69) is 21.6 Å². The molecular weight excluding hydrogens is 424 g/mol. The summed E-state index contributed by atoms with van der Waals surface area (Å²) >= 11 is 0. The summed E-state index contributed by atoms with van der Waals surface area (Å²) in [7, 11) is -1.47. The number of sulfonamides is 1. The molecule has 2 bridgehead atoms. The number of hydrogen-bond acceptors (Lipinski definition) is 5. The number of aromatic nitrogens is 1. The molecule has 3 aliphatic rings. The number of piperidine rings is 2. The molecule has 3 aliphatic heterocycles. The predicted octanol–water partition coefficient (Wildman–Crippen LogP) is 2.30. The van der Waals surface area contributed by atoms with Crippen molar-refractivity contribution < 1.29 is 8.42 Å². The van der Waals surface area contributed by atoms with E-state index < -0.39 is 10.0 Å². The Morgan fingerprint density at radius 2 is 1.75 bits per heavy atom. The second-order valence-corrected chi connectivity index (χ2v) is 11.4. The van der Waals surface area contributed by atoms with Crippen LogP contribution in [0.5, 0.6) is 0 Å². The molecule has 2 fully saturated rings. The van der Waals surface area contributed by atoms with Gasteiger partial charge in [-0.2, -0.15) is 0 Å². The highest BCUT2D eigenvalue weighted by Gasteiger charge is 2.38. The van der Waals surface area contributed by atoms with Crippen LogP contribution in [0.3, 0.4) is 0 Å². The van der Waals surface area contributed by atoms with Gasteiger partial charge in [-0.05, 0) is 63.0 Å². The van der Waals surface area contributed by atoms with Crippen LogP contribution in [-0.2, 0) is 22.3 Å². The van der Waals surface area contributed by atoms with Crippen LogP contribution in [0.15, 0.2) is 47.3 Å². The Morgan fingerprint density at radius 3 is 2.50 bits per heavy atom. The summed E-state index contributed by atoms with van der Waals surface area (Å²) in [5.41, 5.74) is 1.68. The van der Waals surface area contributed by atoms with Gasteiger partial charge in [0.15, 0.2) is 0 Å². The first kappa shape index (κ1) is 21.7. The van der Waals surface area contributed by atoms with Crippen LogP contribution >= 0.6 is 0 Å². The van der Waals surface area contributed by atoms with Crippen molar-refractivity contribution in [1.82, 2.24) is 14.4 Å². The van der Waals surface area contributed by atoms with Crippen molar-refractivity contribution in [3.05, 3.63) is 64.1 Å². The first-order chi connectivity index (χ1) is 15.4. The molecule has 0 radical (unpaired) electrons. The Labute approximate surface area is 190 Å². The number of benzene rings is 1. The standard InChI is InChI=1S/C24H32N4O3S/c1-26-11-9-21(10-12-26)27-14-19-13-20(16-27)23-8-7-22(24(29)28(23)15-19)25-32(30,31)17-18-5-3-2-4-6-18/h2-8,19-21,25H,9-17H2,1H3/t19-,20-/m1/s1. The van der Waals surface area contributed by atoms with Gasteiger partial charge in [0.1, 0.15) is 5.69 Å². The van der Waals surface area contributed by atoms with Gasteiger partial charge in [0.25, 0.3) is 5.56 Å². The molecule has 0 saturated carbocycles. The number of anilines is 1. The molecule has 2 aromatic rings. The summed E-state index contributed by atoms with van der Waals surface area (Å²) < 4.78 is 29.7. The van der Waals surface area contributed by atoms with Crippen molar-refractivity contribution >= 4 is 15.7 Å². The van der Waals surface area contributed by atoms with Gasteiger partial charge in [-0.25, -0.2) is 8.42 Å². The molecule has 172 valence electrons. The van der Waals surface area contributed by atoms with Gasteiger partial charge in [-0.15, -0.1) is 0 Å². The van der Waals surface area contributed by atoms with Crippen LogP contribution in [0.2, 0.25) is 0 Å². The second kappa shape index (κ2) is 8.65. The topological polar surface area (TPSA) is 74.7 Å². The highest BCUT2D eigenvalue weighted by molar-refractivity contribution is 7.91. The molecule has 4 heterocycles. The number of hydrogen-bond donors (Lipinski definition) is 1. The van der Waals surface area contributed by atoms with Crippen molar-refractivity contribution in [2.45, 2.75) is 43.5 Å². The normalized spacial score (nSPS) is 24.8. The van der Waals surface area contributed by atoms with E-state index in [1.165, 1.54) is 12.8 Å². The van der Waals surface area contributed by atoms with Crippen LogP contribution < -0.4 is 10.3 Å². The zero-order chi connectivity index (χ0) is 22.3. The predicted molar refractivity (Wildman–Crippen MR) is 126 cm³/mol. The largest absolute Gasteiger partial charge is 0.310 e. The Balaban J connectivity index is 1.33. The maximum Gasteiger partial charge on any atom is 0.275 e. The van der Waals surface area contributed by atoms with Gasteiger partial charge < -0.3 is 9.47 Å². The first-order valence-electron chi connectivity index (χ1n) is 11.6. The summed E-state index contributed by atoms with van der Waals surface area (Å²) in [5.74, 6) is 0.630. The van der Waals surface area contributed by atoms with E-state index in [1.54, 1.807) is 18.2 Å². The minimum atomic E-state index is -3.66. The molecule has 2 saturated heterocycles. The smallest absolute Gasteiger partial charge is 0.275 e. The molecular formula is C24H32N4O3S. The Bertz CT molecular complexity index is 1120. The third kappa shape index (κ3) is 4.49. The van der Waals surface area contributed by atoms with Crippen molar-refractivity contribution in [2.75, 3.05) is 37.9 Å². The fraction of sp³-hybridized carbons (Fsp3) is 0.542. The molecule has 5 rings (SSSR count). The van der Waals surface area contributed by atoms with Crippen LogP contribution in [-0.4, -0.2) is 62.1 Å². The summed E-state index contributed by atoms with van der Waals surface area (Å²) in [4.78, 5) is 18.3. The van der Waals surface area contributed by atoms with E-state index in [9.17, 15) is 13.2 Å². The lowest BCUT2D eigenvalue weighted by Crippen LogP contribution is -2.53. The van der Waals surface area contributed by atoms with E-state index in [0.29, 0.717) is 30.0 Å². The molecule has 1 N–H and O–H groups in total. The molecule has 0 unspecified atom stereocenters. The number of nitrogens with one attached hydrogen (secondary N) is 1. The Morgan fingerprint density at radius 1 is 1.00 bits per heavy atom. The molecule has 7 nitrogen and oxygen atoms in total. The minimum Gasteiger partial charge on any atom is -0.310 e. The summed E-state index contributed by atoms with van der Waals surface area (Å²) in [6, 6.07) is 13.3. The van der Waals surface area contributed by atoms with Gasteiger partial charge in [-0.3, -0.25) is 14.4 Å². The van der Waals surface area contributed by atoms with Crippen molar-refractivity contribution in [1.29, 1.82) is 0 Å². The zero-order valence-electron chi connectivity index (χ0n) is 18.6. The lowest BCUT2D eigenvalue weighted by molar-refractivity contribution is 0.0517. The maximum atomic E-state index is 13.2. The van der Waals surface area contributed by atoms with Gasteiger partial charge >= 0.3 is 0 Å². The zero-order valence-corrected chi connectivity index (χ0v) is 19.4. The van der Waals surface area contributed by atoms with Crippen LogP contribution in [0, 0.1) is 5.92 Å². The molecule has 0 amide bonds. The molecule has 0 spiro atoms. The third-order valence-corrected chi connectivity index (χ3v) is 8.55.